The number of aromatic nitrogens is 3. The van der Waals surface area contributed by atoms with Crippen molar-refractivity contribution in [1.29, 1.82) is 0 Å². The molecule has 0 bridgehead atoms. The normalized spacial score (nSPS) is 19.1. The van der Waals surface area contributed by atoms with Gasteiger partial charge in [0, 0.05) is 26.1 Å². The van der Waals surface area contributed by atoms with Gasteiger partial charge in [0.2, 0.25) is 0 Å². The van der Waals surface area contributed by atoms with E-state index in [2.05, 4.69) is 10.2 Å². The van der Waals surface area contributed by atoms with Gasteiger partial charge < -0.3 is 14.2 Å². The number of ether oxygens (including phenoxy) is 1. The average Bonchev–Trinajstić information content (AvgIpc) is 3.06. The summed E-state index contributed by atoms with van der Waals surface area (Å²) >= 11 is 0. The summed E-state index contributed by atoms with van der Waals surface area (Å²) in [7, 11) is 1.95. The van der Waals surface area contributed by atoms with Gasteiger partial charge in [0.25, 0.3) is 5.91 Å². The summed E-state index contributed by atoms with van der Waals surface area (Å²) in [5, 5.41) is 8.17. The number of aryl methyl sites for hydroxylation is 1. The SMILES string of the molecule is CC[C@H](Oc1ccccc1)C(=O)N1CCC[C@H](c2nncn2C)C1. The van der Waals surface area contributed by atoms with E-state index in [0.29, 0.717) is 13.0 Å². The highest BCUT2D eigenvalue weighted by Crippen LogP contribution is 2.26. The Morgan fingerprint density at radius 3 is 2.83 bits per heavy atom. The molecule has 1 saturated heterocycles. The van der Waals surface area contributed by atoms with Crippen LogP contribution in [0.15, 0.2) is 36.7 Å². The summed E-state index contributed by atoms with van der Waals surface area (Å²) < 4.78 is 7.84. The zero-order valence-corrected chi connectivity index (χ0v) is 14.3. The fraction of sp³-hybridized carbons (Fsp3) is 0.500. The van der Waals surface area contributed by atoms with Crippen LogP contribution < -0.4 is 4.74 Å². The van der Waals surface area contributed by atoms with Crippen LogP contribution >= 0.6 is 0 Å². The van der Waals surface area contributed by atoms with Crippen molar-refractivity contribution < 1.29 is 9.53 Å². The lowest BCUT2D eigenvalue weighted by Gasteiger charge is -2.34. The number of carbonyl (C=O) groups is 1. The summed E-state index contributed by atoms with van der Waals surface area (Å²) in [6, 6.07) is 9.53. The van der Waals surface area contributed by atoms with Gasteiger partial charge in [-0.25, -0.2) is 0 Å². The molecule has 128 valence electrons. The van der Waals surface area contributed by atoms with Crippen molar-refractivity contribution in [3.05, 3.63) is 42.5 Å². The Balaban J connectivity index is 1.67. The van der Waals surface area contributed by atoms with E-state index in [1.165, 1.54) is 0 Å². The molecule has 0 saturated carbocycles. The molecule has 6 nitrogen and oxygen atoms in total. The van der Waals surface area contributed by atoms with Crippen LogP contribution in [0.5, 0.6) is 5.75 Å². The van der Waals surface area contributed by atoms with Crippen LogP contribution in [-0.4, -0.2) is 44.8 Å². The maximum absolute atomic E-state index is 12.9. The van der Waals surface area contributed by atoms with Gasteiger partial charge in [-0.3, -0.25) is 4.79 Å². The minimum atomic E-state index is -0.439. The van der Waals surface area contributed by atoms with E-state index in [-0.39, 0.29) is 11.8 Å². The first-order valence-corrected chi connectivity index (χ1v) is 8.53. The zero-order valence-electron chi connectivity index (χ0n) is 14.3. The van der Waals surface area contributed by atoms with Crippen LogP contribution in [0.1, 0.15) is 37.9 Å². The second-order valence-electron chi connectivity index (χ2n) is 6.25. The maximum atomic E-state index is 12.9. The van der Waals surface area contributed by atoms with E-state index in [4.69, 9.17) is 4.74 Å². The molecule has 6 heteroatoms. The molecule has 1 amide bonds. The number of rotatable bonds is 5. The topological polar surface area (TPSA) is 60.2 Å². The first-order chi connectivity index (χ1) is 11.7. The number of nitrogens with zero attached hydrogens (tertiary/aromatic N) is 4. The quantitative estimate of drug-likeness (QED) is 0.845. The predicted octanol–water partition coefficient (Wildman–Crippen LogP) is 2.38. The molecular formula is C18H24N4O2. The number of amides is 1. The Labute approximate surface area is 142 Å². The van der Waals surface area contributed by atoms with E-state index in [1.807, 2.05) is 53.8 Å². The van der Waals surface area contributed by atoms with Crippen LogP contribution in [0.2, 0.25) is 0 Å². The first-order valence-electron chi connectivity index (χ1n) is 8.53. The molecule has 0 aliphatic carbocycles. The fourth-order valence-corrected chi connectivity index (χ4v) is 3.23. The van der Waals surface area contributed by atoms with Gasteiger partial charge in [0.05, 0.1) is 0 Å². The molecule has 0 spiro atoms. The second-order valence-corrected chi connectivity index (χ2v) is 6.25. The molecule has 1 aliphatic heterocycles. The fourth-order valence-electron chi connectivity index (χ4n) is 3.23. The molecule has 0 unspecified atom stereocenters. The third-order valence-electron chi connectivity index (χ3n) is 4.51. The van der Waals surface area contributed by atoms with E-state index < -0.39 is 6.10 Å². The lowest BCUT2D eigenvalue weighted by atomic mass is 9.96. The van der Waals surface area contributed by atoms with Crippen molar-refractivity contribution in [1.82, 2.24) is 19.7 Å². The largest absolute Gasteiger partial charge is 0.481 e. The van der Waals surface area contributed by atoms with Crippen molar-refractivity contribution in [3.63, 3.8) is 0 Å². The Morgan fingerprint density at radius 2 is 2.17 bits per heavy atom. The molecular weight excluding hydrogens is 304 g/mol. The molecule has 2 heterocycles. The van der Waals surface area contributed by atoms with E-state index >= 15 is 0 Å². The number of hydrogen-bond acceptors (Lipinski definition) is 4. The Kier molecular flexibility index (Phi) is 5.13. The molecule has 3 rings (SSSR count). The summed E-state index contributed by atoms with van der Waals surface area (Å²) in [6.45, 7) is 3.44. The zero-order chi connectivity index (χ0) is 16.9. The first kappa shape index (κ1) is 16.5. The van der Waals surface area contributed by atoms with Crippen LogP contribution in [0, 0.1) is 0 Å². The van der Waals surface area contributed by atoms with Crippen LogP contribution in [0.25, 0.3) is 0 Å². The standard InChI is InChI=1S/C18H24N4O2/c1-3-16(24-15-9-5-4-6-10-15)18(23)22-11-7-8-14(12-22)17-20-19-13-21(17)2/h4-6,9-10,13-14,16H,3,7-8,11-12H2,1-2H3/t14-,16-/m0/s1. The van der Waals surface area contributed by atoms with E-state index in [9.17, 15) is 4.79 Å². The van der Waals surface area contributed by atoms with Gasteiger partial charge in [0.1, 0.15) is 17.9 Å². The summed E-state index contributed by atoms with van der Waals surface area (Å²) in [5.41, 5.74) is 0. The van der Waals surface area contributed by atoms with Gasteiger partial charge in [-0.15, -0.1) is 10.2 Å². The van der Waals surface area contributed by atoms with Crippen LogP contribution in [0.3, 0.4) is 0 Å². The molecule has 0 N–H and O–H groups in total. The number of piperidine rings is 1. The highest BCUT2D eigenvalue weighted by Gasteiger charge is 2.31. The summed E-state index contributed by atoms with van der Waals surface area (Å²) in [6.07, 6.45) is 3.94. The third-order valence-corrected chi connectivity index (χ3v) is 4.51. The number of para-hydroxylation sites is 1. The molecule has 0 radical (unpaired) electrons. The monoisotopic (exact) mass is 328 g/mol. The minimum Gasteiger partial charge on any atom is -0.481 e. The van der Waals surface area contributed by atoms with Crippen molar-refractivity contribution in [2.75, 3.05) is 13.1 Å². The van der Waals surface area contributed by atoms with Crippen LogP contribution in [0.4, 0.5) is 0 Å². The summed E-state index contributed by atoms with van der Waals surface area (Å²) in [5.74, 6) is 1.99. The smallest absolute Gasteiger partial charge is 0.263 e. The van der Waals surface area contributed by atoms with Gasteiger partial charge >= 0.3 is 0 Å². The highest BCUT2D eigenvalue weighted by molar-refractivity contribution is 5.81. The molecule has 24 heavy (non-hydrogen) atoms. The molecule has 2 atom stereocenters. The van der Waals surface area contributed by atoms with Gasteiger partial charge in [0.15, 0.2) is 6.10 Å². The Bertz CT molecular complexity index is 671. The van der Waals surface area contributed by atoms with Crippen molar-refractivity contribution in [2.24, 2.45) is 7.05 Å². The van der Waals surface area contributed by atoms with Gasteiger partial charge in [-0.2, -0.15) is 0 Å². The lowest BCUT2D eigenvalue weighted by molar-refractivity contribution is -0.140. The number of likely N-dealkylation sites (tertiary alicyclic amines) is 1. The van der Waals surface area contributed by atoms with Crippen molar-refractivity contribution in [3.8, 4) is 5.75 Å². The van der Waals surface area contributed by atoms with Crippen LogP contribution in [-0.2, 0) is 11.8 Å². The molecule has 1 aromatic carbocycles. The molecule has 1 fully saturated rings. The van der Waals surface area contributed by atoms with Gasteiger partial charge in [-0.1, -0.05) is 25.1 Å². The van der Waals surface area contributed by atoms with E-state index in [1.54, 1.807) is 6.33 Å². The highest BCUT2D eigenvalue weighted by atomic mass is 16.5. The lowest BCUT2D eigenvalue weighted by Crippen LogP contribution is -2.46. The number of benzene rings is 1. The Hall–Kier alpha value is -2.37. The number of hydrogen-bond donors (Lipinski definition) is 0. The molecule has 2 aromatic rings. The predicted molar refractivity (Wildman–Crippen MR) is 90.7 cm³/mol. The number of carbonyl (C=O) groups excluding carboxylic acids is 1. The second kappa shape index (κ2) is 7.47. The third kappa shape index (κ3) is 3.58. The minimum absolute atomic E-state index is 0.0632. The maximum Gasteiger partial charge on any atom is 0.263 e. The van der Waals surface area contributed by atoms with Crippen molar-refractivity contribution in [2.45, 2.75) is 38.2 Å². The summed E-state index contributed by atoms with van der Waals surface area (Å²) in [4.78, 5) is 14.8. The molecule has 1 aliphatic rings. The van der Waals surface area contributed by atoms with Crippen molar-refractivity contribution >= 4 is 5.91 Å². The van der Waals surface area contributed by atoms with E-state index in [0.717, 1.165) is 31.0 Å². The van der Waals surface area contributed by atoms with Gasteiger partial charge in [-0.05, 0) is 31.4 Å². The average molecular weight is 328 g/mol. The molecule has 1 aromatic heterocycles. The Morgan fingerprint density at radius 1 is 1.38 bits per heavy atom.